The Hall–Kier alpha value is -0.360. The summed E-state index contributed by atoms with van der Waals surface area (Å²) < 4.78 is 13.5. The number of benzene rings is 1. The van der Waals surface area contributed by atoms with Crippen molar-refractivity contribution in [3.8, 4) is 0 Å². The molecule has 0 bridgehead atoms. The van der Waals surface area contributed by atoms with E-state index >= 15 is 0 Å². The van der Waals surface area contributed by atoms with Gasteiger partial charge in [-0.3, -0.25) is 5.84 Å². The Labute approximate surface area is 71.7 Å². The van der Waals surface area contributed by atoms with Crippen LogP contribution in [0, 0.1) is 9.39 Å². The zero-order valence-corrected chi connectivity index (χ0v) is 7.22. The van der Waals surface area contributed by atoms with Crippen LogP contribution in [0.1, 0.15) is 0 Å². The van der Waals surface area contributed by atoms with Crippen LogP contribution in [0.4, 0.5) is 10.1 Å². The summed E-state index contributed by atoms with van der Waals surface area (Å²) in [5.41, 5.74) is 2.63. The summed E-state index contributed by atoms with van der Waals surface area (Å²) in [7, 11) is 0. The molecule has 1 rings (SSSR count). The van der Waals surface area contributed by atoms with E-state index in [9.17, 15) is 4.39 Å². The molecule has 0 spiro atoms. The largest absolute Gasteiger partial charge is 0.321 e. The molecule has 3 N–H and O–H groups in total. The molecule has 0 aliphatic rings. The van der Waals surface area contributed by atoms with E-state index in [0.717, 1.165) is 3.57 Å². The van der Waals surface area contributed by atoms with Crippen molar-refractivity contribution in [2.75, 3.05) is 5.43 Å². The molecule has 10 heavy (non-hydrogen) atoms. The van der Waals surface area contributed by atoms with Crippen LogP contribution in [-0.4, -0.2) is 0 Å². The van der Waals surface area contributed by atoms with Crippen molar-refractivity contribution >= 4 is 28.3 Å². The van der Waals surface area contributed by atoms with Crippen molar-refractivity contribution < 1.29 is 4.39 Å². The van der Waals surface area contributed by atoms with Crippen molar-refractivity contribution in [3.05, 3.63) is 27.6 Å². The number of hydrogen-bond acceptors (Lipinski definition) is 2. The van der Waals surface area contributed by atoms with Gasteiger partial charge in [0.05, 0.1) is 5.69 Å². The molecule has 4 heteroatoms. The predicted molar refractivity (Wildman–Crippen MR) is 46.9 cm³/mol. The van der Waals surface area contributed by atoms with Gasteiger partial charge in [-0.2, -0.15) is 0 Å². The smallest absolute Gasteiger partial charge is 0.148 e. The second-order valence-electron chi connectivity index (χ2n) is 1.74. The molecular formula is C6H6FIN2. The SMILES string of the molecule is NNc1c(F)cccc1I. The van der Waals surface area contributed by atoms with Crippen molar-refractivity contribution in [3.63, 3.8) is 0 Å². The molecule has 54 valence electrons. The fourth-order valence-corrected chi connectivity index (χ4v) is 1.26. The van der Waals surface area contributed by atoms with E-state index in [1.165, 1.54) is 6.07 Å². The van der Waals surface area contributed by atoms with E-state index < -0.39 is 0 Å². The lowest BCUT2D eigenvalue weighted by molar-refractivity contribution is 0.630. The van der Waals surface area contributed by atoms with E-state index in [1.807, 2.05) is 22.6 Å². The summed E-state index contributed by atoms with van der Waals surface area (Å²) in [5, 5.41) is 0. The molecular weight excluding hydrogens is 246 g/mol. The van der Waals surface area contributed by atoms with Gasteiger partial charge in [-0.25, -0.2) is 4.39 Å². The Bertz CT molecular complexity index is 219. The maximum absolute atomic E-state index is 12.7. The van der Waals surface area contributed by atoms with Crippen LogP contribution in [-0.2, 0) is 0 Å². The highest BCUT2D eigenvalue weighted by molar-refractivity contribution is 14.1. The number of hydrazine groups is 1. The first kappa shape index (κ1) is 7.74. The number of rotatable bonds is 1. The van der Waals surface area contributed by atoms with Gasteiger partial charge in [-0.15, -0.1) is 0 Å². The molecule has 1 aromatic rings. The van der Waals surface area contributed by atoms with Gasteiger partial charge in [-0.1, -0.05) is 6.07 Å². The van der Waals surface area contributed by atoms with Crippen LogP contribution in [0.15, 0.2) is 18.2 Å². The summed E-state index contributed by atoms with van der Waals surface area (Å²) in [6.07, 6.45) is 0. The summed E-state index contributed by atoms with van der Waals surface area (Å²) in [6, 6.07) is 4.77. The van der Waals surface area contributed by atoms with E-state index in [1.54, 1.807) is 12.1 Å². The van der Waals surface area contributed by atoms with Gasteiger partial charge in [0, 0.05) is 3.57 Å². The van der Waals surface area contributed by atoms with Gasteiger partial charge in [0.15, 0.2) is 0 Å². The molecule has 0 saturated heterocycles. The summed E-state index contributed by atoms with van der Waals surface area (Å²) in [4.78, 5) is 0. The zero-order valence-electron chi connectivity index (χ0n) is 5.07. The third-order valence-corrected chi connectivity index (χ3v) is 2.01. The van der Waals surface area contributed by atoms with Crippen molar-refractivity contribution in [1.29, 1.82) is 0 Å². The normalized spacial score (nSPS) is 9.50. The molecule has 0 fully saturated rings. The highest BCUT2D eigenvalue weighted by atomic mass is 127. The average molecular weight is 252 g/mol. The second kappa shape index (κ2) is 3.16. The van der Waals surface area contributed by atoms with Gasteiger partial charge >= 0.3 is 0 Å². The van der Waals surface area contributed by atoms with Gasteiger partial charge in [0.1, 0.15) is 5.82 Å². The molecule has 0 radical (unpaired) electrons. The number of halogens is 2. The molecule has 0 saturated carbocycles. The quantitative estimate of drug-likeness (QED) is 0.453. The van der Waals surface area contributed by atoms with Crippen LogP contribution in [0.25, 0.3) is 0 Å². The second-order valence-corrected chi connectivity index (χ2v) is 2.90. The highest BCUT2D eigenvalue weighted by Gasteiger charge is 2.01. The average Bonchev–Trinajstić information content (AvgIpc) is 1.88. The number of para-hydroxylation sites is 1. The van der Waals surface area contributed by atoms with Crippen molar-refractivity contribution in [2.24, 2.45) is 5.84 Å². The molecule has 0 atom stereocenters. The summed E-state index contributed by atoms with van der Waals surface area (Å²) >= 11 is 2.00. The molecule has 0 aliphatic heterocycles. The lowest BCUT2D eigenvalue weighted by Crippen LogP contribution is -2.09. The van der Waals surface area contributed by atoms with Crippen LogP contribution in [0.3, 0.4) is 0 Å². The molecule has 1 aromatic carbocycles. The third kappa shape index (κ3) is 1.38. The highest BCUT2D eigenvalue weighted by Crippen LogP contribution is 2.19. The minimum atomic E-state index is -0.325. The maximum Gasteiger partial charge on any atom is 0.148 e. The van der Waals surface area contributed by atoms with Crippen LogP contribution < -0.4 is 11.3 Å². The minimum absolute atomic E-state index is 0.325. The van der Waals surface area contributed by atoms with E-state index in [4.69, 9.17) is 5.84 Å². The van der Waals surface area contributed by atoms with Gasteiger partial charge in [-0.05, 0) is 34.7 Å². The number of anilines is 1. The van der Waals surface area contributed by atoms with Crippen LogP contribution >= 0.6 is 22.6 Å². The number of nitrogens with one attached hydrogen (secondary N) is 1. The first-order valence-electron chi connectivity index (χ1n) is 2.66. The number of nitrogen functional groups attached to an aromatic ring is 1. The first-order chi connectivity index (χ1) is 4.75. The van der Waals surface area contributed by atoms with Gasteiger partial charge in [0.25, 0.3) is 0 Å². The van der Waals surface area contributed by atoms with Gasteiger partial charge in [0.2, 0.25) is 0 Å². The monoisotopic (exact) mass is 252 g/mol. The van der Waals surface area contributed by atoms with Crippen molar-refractivity contribution in [2.45, 2.75) is 0 Å². The molecule has 2 nitrogen and oxygen atoms in total. The van der Waals surface area contributed by atoms with Gasteiger partial charge < -0.3 is 5.43 Å². The van der Waals surface area contributed by atoms with E-state index in [-0.39, 0.29) is 5.82 Å². The molecule has 0 aromatic heterocycles. The van der Waals surface area contributed by atoms with E-state index in [0.29, 0.717) is 5.69 Å². The summed E-state index contributed by atoms with van der Waals surface area (Å²) in [6.45, 7) is 0. The maximum atomic E-state index is 12.7. The Morgan fingerprint density at radius 3 is 2.60 bits per heavy atom. The Kier molecular flexibility index (Phi) is 2.44. The summed E-state index contributed by atoms with van der Waals surface area (Å²) in [5.74, 6) is 4.73. The predicted octanol–water partition coefficient (Wildman–Crippen LogP) is 1.72. The molecule has 0 aliphatic carbocycles. The third-order valence-electron chi connectivity index (χ3n) is 1.11. The molecule has 0 unspecified atom stereocenters. The number of nitrogens with two attached hydrogens (primary N) is 1. The van der Waals surface area contributed by atoms with Crippen LogP contribution in [0.5, 0.6) is 0 Å². The Balaban J connectivity index is 3.17. The van der Waals surface area contributed by atoms with E-state index in [2.05, 4.69) is 5.43 Å². The Morgan fingerprint density at radius 1 is 1.50 bits per heavy atom. The fourth-order valence-electron chi connectivity index (χ4n) is 0.636. The Morgan fingerprint density at radius 2 is 2.20 bits per heavy atom. The molecule has 0 heterocycles. The first-order valence-corrected chi connectivity index (χ1v) is 3.74. The topological polar surface area (TPSA) is 38.0 Å². The minimum Gasteiger partial charge on any atom is -0.321 e. The number of hydrogen-bond donors (Lipinski definition) is 2. The lowest BCUT2D eigenvalue weighted by Gasteiger charge is -2.02. The fraction of sp³-hybridized carbons (Fsp3) is 0. The zero-order chi connectivity index (χ0) is 7.56. The standard InChI is InChI=1S/C6H6FIN2/c7-4-2-1-3-5(8)6(4)10-9/h1-3,10H,9H2. The van der Waals surface area contributed by atoms with Crippen LogP contribution in [0.2, 0.25) is 0 Å². The molecule has 0 amide bonds. The van der Waals surface area contributed by atoms with Crippen molar-refractivity contribution in [1.82, 2.24) is 0 Å². The lowest BCUT2D eigenvalue weighted by atomic mass is 10.3.